The van der Waals surface area contributed by atoms with Gasteiger partial charge in [0.25, 0.3) is 5.91 Å². The van der Waals surface area contributed by atoms with Gasteiger partial charge in [0.1, 0.15) is 6.54 Å². The molecule has 0 fully saturated rings. The number of rotatable bonds is 9. The number of H-pyrrole nitrogens is 1. The third-order valence-corrected chi connectivity index (χ3v) is 6.99. The summed E-state index contributed by atoms with van der Waals surface area (Å²) < 4.78 is 0. The molecule has 1 N–H and O–H groups in total. The molecule has 1 aromatic heterocycles. The first-order valence-electron chi connectivity index (χ1n) is 12.0. The van der Waals surface area contributed by atoms with Crippen molar-refractivity contribution in [3.8, 4) is 0 Å². The van der Waals surface area contributed by atoms with Crippen LogP contribution in [0.15, 0.2) is 79.0 Å². The number of fused-ring (bicyclic) bond motifs is 1. The summed E-state index contributed by atoms with van der Waals surface area (Å²) in [4.78, 5) is 33.5. The largest absolute Gasteiger partial charge is 0.361 e. The predicted octanol–water partition coefficient (Wildman–Crippen LogP) is 6.60. The Morgan fingerprint density at radius 2 is 1.64 bits per heavy atom. The van der Waals surface area contributed by atoms with E-state index in [1.54, 1.807) is 34.1 Å². The van der Waals surface area contributed by atoms with Crippen molar-refractivity contribution in [1.29, 1.82) is 0 Å². The zero-order valence-corrected chi connectivity index (χ0v) is 21.9. The molecule has 0 saturated heterocycles. The minimum Gasteiger partial charge on any atom is -0.361 e. The number of nitrogens with zero attached hydrogens (tertiary/aromatic N) is 2. The van der Waals surface area contributed by atoms with Crippen molar-refractivity contribution in [2.24, 2.45) is 0 Å². The number of nitrogens with one attached hydrogen (secondary N) is 1. The molecular weight excluding hydrogens is 493 g/mol. The average Bonchev–Trinajstić information content (AvgIpc) is 3.30. The van der Waals surface area contributed by atoms with Gasteiger partial charge in [-0.25, -0.2) is 0 Å². The maximum Gasteiger partial charge on any atom is 0.254 e. The van der Waals surface area contributed by atoms with Crippen LogP contribution in [0.1, 0.15) is 35.3 Å². The van der Waals surface area contributed by atoms with E-state index in [0.717, 1.165) is 22.0 Å². The first-order valence-corrected chi connectivity index (χ1v) is 12.7. The molecule has 0 aliphatic heterocycles. The zero-order chi connectivity index (χ0) is 25.7. The molecule has 0 aliphatic carbocycles. The number of aromatic nitrogens is 1. The highest BCUT2D eigenvalue weighted by atomic mass is 35.5. The van der Waals surface area contributed by atoms with Gasteiger partial charge < -0.3 is 14.8 Å². The molecule has 0 unspecified atom stereocenters. The van der Waals surface area contributed by atoms with Crippen LogP contribution in [0.4, 0.5) is 0 Å². The van der Waals surface area contributed by atoms with Gasteiger partial charge in [-0.1, -0.05) is 65.7 Å². The van der Waals surface area contributed by atoms with Gasteiger partial charge in [-0.15, -0.1) is 0 Å². The van der Waals surface area contributed by atoms with Crippen LogP contribution in [0.2, 0.25) is 10.0 Å². The number of hydrogen-bond acceptors (Lipinski definition) is 2. The van der Waals surface area contributed by atoms with Crippen LogP contribution in [-0.2, 0) is 17.8 Å². The summed E-state index contributed by atoms with van der Waals surface area (Å²) in [5.41, 5.74) is 3.64. The molecule has 36 heavy (non-hydrogen) atoms. The summed E-state index contributed by atoms with van der Waals surface area (Å²) in [6.07, 6.45) is 2.66. The van der Waals surface area contributed by atoms with E-state index in [2.05, 4.69) is 11.1 Å². The Morgan fingerprint density at radius 1 is 0.917 bits per heavy atom. The van der Waals surface area contributed by atoms with Gasteiger partial charge in [0.2, 0.25) is 5.91 Å². The van der Waals surface area contributed by atoms with E-state index in [9.17, 15) is 9.59 Å². The van der Waals surface area contributed by atoms with Crippen molar-refractivity contribution >= 4 is 45.9 Å². The van der Waals surface area contributed by atoms with E-state index in [4.69, 9.17) is 23.2 Å². The Labute approximate surface area is 221 Å². The third-order valence-electron chi connectivity index (χ3n) is 6.25. The van der Waals surface area contributed by atoms with Crippen LogP contribution in [0.5, 0.6) is 0 Å². The van der Waals surface area contributed by atoms with Gasteiger partial charge in [0.05, 0.1) is 10.0 Å². The van der Waals surface area contributed by atoms with Crippen LogP contribution < -0.4 is 0 Å². The predicted molar refractivity (Wildman–Crippen MR) is 146 cm³/mol. The number of benzene rings is 3. The molecule has 4 aromatic rings. The van der Waals surface area contributed by atoms with E-state index < -0.39 is 0 Å². The lowest BCUT2D eigenvalue weighted by Crippen LogP contribution is -2.46. The molecular formula is C29H29Cl2N3O2. The number of carbonyl (C=O) groups is 2. The van der Waals surface area contributed by atoms with E-state index in [-0.39, 0.29) is 24.4 Å². The quantitative estimate of drug-likeness (QED) is 0.269. The summed E-state index contributed by atoms with van der Waals surface area (Å²) in [5.74, 6) is -0.288. The molecule has 3 aromatic carbocycles. The van der Waals surface area contributed by atoms with Crippen molar-refractivity contribution in [3.05, 3.63) is 106 Å². The summed E-state index contributed by atoms with van der Waals surface area (Å²) in [5, 5.41) is 2.06. The monoisotopic (exact) mass is 521 g/mol. The van der Waals surface area contributed by atoms with Crippen LogP contribution in [0, 0.1) is 0 Å². The molecule has 186 valence electrons. The van der Waals surface area contributed by atoms with Crippen molar-refractivity contribution < 1.29 is 9.59 Å². The molecule has 0 spiro atoms. The van der Waals surface area contributed by atoms with E-state index in [1.165, 1.54) is 0 Å². The maximum absolute atomic E-state index is 13.6. The highest BCUT2D eigenvalue weighted by Gasteiger charge is 2.25. The number of para-hydroxylation sites is 1. The molecule has 0 aliphatic rings. The van der Waals surface area contributed by atoms with Crippen molar-refractivity contribution in [2.75, 3.05) is 13.1 Å². The zero-order valence-electron chi connectivity index (χ0n) is 20.4. The highest BCUT2D eigenvalue weighted by Crippen LogP contribution is 2.24. The van der Waals surface area contributed by atoms with E-state index >= 15 is 0 Å². The fourth-order valence-electron chi connectivity index (χ4n) is 4.23. The second kappa shape index (κ2) is 11.6. The van der Waals surface area contributed by atoms with E-state index in [0.29, 0.717) is 35.1 Å². The summed E-state index contributed by atoms with van der Waals surface area (Å²) in [7, 11) is 0. The Bertz CT molecular complexity index is 1350. The molecule has 0 atom stereocenters. The Morgan fingerprint density at radius 3 is 2.36 bits per heavy atom. The number of aromatic amines is 1. The smallest absolute Gasteiger partial charge is 0.254 e. The summed E-state index contributed by atoms with van der Waals surface area (Å²) in [6.45, 7) is 4.68. The first kappa shape index (κ1) is 25.8. The molecule has 0 saturated carbocycles. The Kier molecular flexibility index (Phi) is 8.34. The van der Waals surface area contributed by atoms with Crippen molar-refractivity contribution in [1.82, 2.24) is 14.8 Å². The van der Waals surface area contributed by atoms with Crippen LogP contribution in [0.3, 0.4) is 0 Å². The Hall–Kier alpha value is -3.28. The van der Waals surface area contributed by atoms with Crippen LogP contribution in [0.25, 0.3) is 10.9 Å². The minimum absolute atomic E-state index is 0.0133. The number of halogens is 2. The standard InChI is InChI=1S/C29H29Cl2N3O2/c1-20(2)34(29(36)22-8-4-3-5-9-22)19-28(35)33(18-21-12-13-25(30)26(31)16-21)15-14-23-17-32-27-11-7-6-10-24(23)27/h3-13,16-17,20,32H,14-15,18-19H2,1-2H3. The normalized spacial score (nSPS) is 11.1. The summed E-state index contributed by atoms with van der Waals surface area (Å²) >= 11 is 12.3. The lowest BCUT2D eigenvalue weighted by Gasteiger charge is -2.30. The molecule has 4 rings (SSSR count). The van der Waals surface area contributed by atoms with Crippen LogP contribution in [-0.4, -0.2) is 45.7 Å². The molecule has 5 nitrogen and oxygen atoms in total. The SMILES string of the molecule is CC(C)N(CC(=O)N(CCc1c[nH]c2ccccc12)Cc1ccc(Cl)c(Cl)c1)C(=O)c1ccccc1. The lowest BCUT2D eigenvalue weighted by molar-refractivity contribution is -0.132. The average molecular weight is 522 g/mol. The minimum atomic E-state index is -0.162. The Balaban J connectivity index is 1.56. The lowest BCUT2D eigenvalue weighted by atomic mass is 10.1. The van der Waals surface area contributed by atoms with Crippen LogP contribution >= 0.6 is 23.2 Å². The van der Waals surface area contributed by atoms with Crippen molar-refractivity contribution in [3.63, 3.8) is 0 Å². The fraction of sp³-hybridized carbons (Fsp3) is 0.241. The molecule has 2 amide bonds. The third kappa shape index (κ3) is 6.10. The van der Waals surface area contributed by atoms with Gasteiger partial charge in [-0.3, -0.25) is 9.59 Å². The first-order chi connectivity index (χ1) is 17.3. The van der Waals surface area contributed by atoms with Gasteiger partial charge in [-0.05, 0) is 61.7 Å². The second-order valence-electron chi connectivity index (χ2n) is 9.07. The molecule has 0 bridgehead atoms. The maximum atomic E-state index is 13.6. The second-order valence-corrected chi connectivity index (χ2v) is 9.88. The number of amides is 2. The molecule has 0 radical (unpaired) electrons. The van der Waals surface area contributed by atoms with Gasteiger partial charge in [0, 0.05) is 41.8 Å². The highest BCUT2D eigenvalue weighted by molar-refractivity contribution is 6.42. The van der Waals surface area contributed by atoms with Gasteiger partial charge >= 0.3 is 0 Å². The van der Waals surface area contributed by atoms with E-state index in [1.807, 2.05) is 62.5 Å². The summed E-state index contributed by atoms with van der Waals surface area (Å²) in [6, 6.07) is 22.4. The molecule has 7 heteroatoms. The number of hydrogen-bond donors (Lipinski definition) is 1. The van der Waals surface area contributed by atoms with Gasteiger partial charge in [-0.2, -0.15) is 0 Å². The number of carbonyl (C=O) groups excluding carboxylic acids is 2. The topological polar surface area (TPSA) is 56.4 Å². The molecule has 1 heterocycles. The fourth-order valence-corrected chi connectivity index (χ4v) is 4.55. The van der Waals surface area contributed by atoms with Gasteiger partial charge in [0.15, 0.2) is 0 Å². The van der Waals surface area contributed by atoms with Crippen molar-refractivity contribution in [2.45, 2.75) is 32.9 Å².